The molecule has 146 valence electrons. The molecular weight excluding hydrogens is 377 g/mol. The highest BCUT2D eigenvalue weighted by Gasteiger charge is 2.38. The van der Waals surface area contributed by atoms with Crippen molar-refractivity contribution in [1.29, 1.82) is 0 Å². The number of nitrogens with two attached hydrogens (primary N) is 1. The standard InChI is InChI=1S/C18H26ClN3O3.ClH/c1-12(2)10-21-16(23)14-4-3-13(9-15(14)19)22-17(24)18(11-20)5-7-25-8-6-18;/h3-4,9,12H,5-8,10-11,20H2,1-2H3,(H,21,23)(H,22,24);1H. The summed E-state index contributed by atoms with van der Waals surface area (Å²) in [7, 11) is 0. The summed E-state index contributed by atoms with van der Waals surface area (Å²) in [5.74, 6) is -0.000905. The van der Waals surface area contributed by atoms with Crippen molar-refractivity contribution in [3.05, 3.63) is 28.8 Å². The Kier molecular flexibility index (Phi) is 8.83. The van der Waals surface area contributed by atoms with Crippen LogP contribution in [0, 0.1) is 11.3 Å². The quantitative estimate of drug-likeness (QED) is 0.680. The van der Waals surface area contributed by atoms with Gasteiger partial charge in [0.05, 0.1) is 16.0 Å². The van der Waals surface area contributed by atoms with Gasteiger partial charge < -0.3 is 21.1 Å². The molecule has 0 unspecified atom stereocenters. The number of carbonyl (C=O) groups is 2. The third kappa shape index (κ3) is 5.58. The average Bonchev–Trinajstić information content (AvgIpc) is 2.60. The minimum atomic E-state index is -0.613. The van der Waals surface area contributed by atoms with Gasteiger partial charge in [0.1, 0.15) is 0 Å². The smallest absolute Gasteiger partial charge is 0.252 e. The molecule has 4 N–H and O–H groups in total. The highest BCUT2D eigenvalue weighted by Crippen LogP contribution is 2.31. The van der Waals surface area contributed by atoms with E-state index in [1.807, 2.05) is 13.8 Å². The molecular formula is C18H27Cl2N3O3. The van der Waals surface area contributed by atoms with E-state index in [1.165, 1.54) is 0 Å². The fraction of sp³-hybridized carbons (Fsp3) is 0.556. The van der Waals surface area contributed by atoms with Crippen molar-refractivity contribution in [2.75, 3.05) is 31.6 Å². The van der Waals surface area contributed by atoms with Crippen LogP contribution in [-0.4, -0.2) is 38.1 Å². The molecule has 26 heavy (non-hydrogen) atoms. The van der Waals surface area contributed by atoms with E-state index in [1.54, 1.807) is 18.2 Å². The van der Waals surface area contributed by atoms with Gasteiger partial charge in [0.2, 0.25) is 5.91 Å². The van der Waals surface area contributed by atoms with Gasteiger partial charge in [-0.3, -0.25) is 9.59 Å². The lowest BCUT2D eigenvalue weighted by atomic mass is 9.79. The first-order chi connectivity index (χ1) is 11.9. The first-order valence-corrected chi connectivity index (χ1v) is 8.93. The first-order valence-electron chi connectivity index (χ1n) is 8.55. The van der Waals surface area contributed by atoms with Crippen LogP contribution in [0.2, 0.25) is 5.02 Å². The van der Waals surface area contributed by atoms with E-state index >= 15 is 0 Å². The molecule has 1 fully saturated rings. The summed E-state index contributed by atoms with van der Waals surface area (Å²) in [5.41, 5.74) is 6.18. The summed E-state index contributed by atoms with van der Waals surface area (Å²) >= 11 is 6.22. The topological polar surface area (TPSA) is 93.5 Å². The van der Waals surface area contributed by atoms with Gasteiger partial charge in [-0.1, -0.05) is 25.4 Å². The molecule has 0 radical (unpaired) electrons. The van der Waals surface area contributed by atoms with Crippen LogP contribution in [0.15, 0.2) is 18.2 Å². The Hall–Kier alpha value is -1.34. The molecule has 1 aromatic rings. The number of benzene rings is 1. The molecule has 1 heterocycles. The van der Waals surface area contributed by atoms with Gasteiger partial charge in [-0.2, -0.15) is 0 Å². The molecule has 1 saturated heterocycles. The monoisotopic (exact) mass is 403 g/mol. The summed E-state index contributed by atoms with van der Waals surface area (Å²) < 4.78 is 5.33. The van der Waals surface area contributed by atoms with E-state index < -0.39 is 5.41 Å². The Bertz CT molecular complexity index is 632. The molecule has 0 atom stereocenters. The number of hydrogen-bond acceptors (Lipinski definition) is 4. The lowest BCUT2D eigenvalue weighted by molar-refractivity contribution is -0.130. The van der Waals surface area contributed by atoms with Crippen LogP contribution in [0.5, 0.6) is 0 Å². The number of nitrogens with one attached hydrogen (secondary N) is 2. The maximum absolute atomic E-state index is 12.7. The Morgan fingerprint density at radius 2 is 1.96 bits per heavy atom. The third-order valence-corrected chi connectivity index (χ3v) is 4.78. The minimum absolute atomic E-state index is 0. The van der Waals surface area contributed by atoms with Crippen molar-refractivity contribution < 1.29 is 14.3 Å². The van der Waals surface area contributed by atoms with Gasteiger partial charge in [-0.25, -0.2) is 0 Å². The molecule has 0 aromatic heterocycles. The summed E-state index contributed by atoms with van der Waals surface area (Å²) in [4.78, 5) is 24.8. The van der Waals surface area contributed by atoms with E-state index in [-0.39, 0.29) is 30.8 Å². The molecule has 0 bridgehead atoms. The highest BCUT2D eigenvalue weighted by atomic mass is 35.5. The van der Waals surface area contributed by atoms with Crippen LogP contribution < -0.4 is 16.4 Å². The minimum Gasteiger partial charge on any atom is -0.381 e. The van der Waals surface area contributed by atoms with Crippen molar-refractivity contribution in [3.8, 4) is 0 Å². The van der Waals surface area contributed by atoms with Crippen molar-refractivity contribution in [1.82, 2.24) is 5.32 Å². The van der Waals surface area contributed by atoms with Crippen molar-refractivity contribution in [3.63, 3.8) is 0 Å². The third-order valence-electron chi connectivity index (χ3n) is 4.46. The summed E-state index contributed by atoms with van der Waals surface area (Å²) in [6.45, 7) is 5.94. The van der Waals surface area contributed by atoms with Crippen molar-refractivity contribution in [2.24, 2.45) is 17.1 Å². The van der Waals surface area contributed by atoms with Crippen LogP contribution in [0.3, 0.4) is 0 Å². The second kappa shape index (κ2) is 10.1. The van der Waals surface area contributed by atoms with Gasteiger partial charge >= 0.3 is 0 Å². The Balaban J connectivity index is 0.00000338. The van der Waals surface area contributed by atoms with Gasteiger partial charge in [0.15, 0.2) is 0 Å². The van der Waals surface area contributed by atoms with Crippen molar-refractivity contribution in [2.45, 2.75) is 26.7 Å². The number of carbonyl (C=O) groups excluding carboxylic acids is 2. The number of hydrogen-bond donors (Lipinski definition) is 3. The van der Waals surface area contributed by atoms with Gasteiger partial charge in [0.25, 0.3) is 5.91 Å². The lowest BCUT2D eigenvalue weighted by Crippen LogP contribution is -2.46. The van der Waals surface area contributed by atoms with Crippen molar-refractivity contribution >= 4 is 41.5 Å². The number of ether oxygens (including phenoxy) is 1. The number of amides is 2. The fourth-order valence-corrected chi connectivity index (χ4v) is 2.99. The second-order valence-corrected chi connectivity index (χ2v) is 7.26. The van der Waals surface area contributed by atoms with Crippen LogP contribution in [0.1, 0.15) is 37.0 Å². The summed E-state index contributed by atoms with van der Waals surface area (Å²) in [6.07, 6.45) is 1.19. The SMILES string of the molecule is CC(C)CNC(=O)c1ccc(NC(=O)C2(CN)CCOCC2)cc1Cl.Cl. The first kappa shape index (κ1) is 22.7. The largest absolute Gasteiger partial charge is 0.381 e. The average molecular weight is 404 g/mol. The molecule has 0 saturated carbocycles. The molecule has 0 aliphatic carbocycles. The summed E-state index contributed by atoms with van der Waals surface area (Å²) in [5, 5.41) is 5.99. The van der Waals surface area contributed by atoms with E-state index in [9.17, 15) is 9.59 Å². The molecule has 1 aliphatic rings. The zero-order valence-electron chi connectivity index (χ0n) is 15.1. The number of halogens is 2. The zero-order chi connectivity index (χ0) is 18.4. The molecule has 1 aliphatic heterocycles. The van der Waals surface area contributed by atoms with Gasteiger partial charge in [-0.15, -0.1) is 12.4 Å². The molecule has 1 aromatic carbocycles. The van der Waals surface area contributed by atoms with E-state index in [4.69, 9.17) is 22.1 Å². The van der Waals surface area contributed by atoms with E-state index in [0.717, 1.165) is 0 Å². The van der Waals surface area contributed by atoms with Gasteiger partial charge in [-0.05, 0) is 37.0 Å². The maximum Gasteiger partial charge on any atom is 0.252 e. The summed E-state index contributed by atoms with van der Waals surface area (Å²) in [6, 6.07) is 4.89. The Morgan fingerprint density at radius 3 is 2.50 bits per heavy atom. The molecule has 2 rings (SSSR count). The second-order valence-electron chi connectivity index (χ2n) is 6.85. The molecule has 2 amide bonds. The molecule has 6 nitrogen and oxygen atoms in total. The molecule has 0 spiro atoms. The normalized spacial score (nSPS) is 15.9. The Labute approximate surface area is 165 Å². The fourth-order valence-electron chi connectivity index (χ4n) is 2.72. The van der Waals surface area contributed by atoms with Crippen LogP contribution in [-0.2, 0) is 9.53 Å². The van der Waals surface area contributed by atoms with E-state index in [2.05, 4.69) is 10.6 Å². The predicted molar refractivity (Wildman–Crippen MR) is 106 cm³/mol. The highest BCUT2D eigenvalue weighted by molar-refractivity contribution is 6.34. The van der Waals surface area contributed by atoms with E-state index in [0.29, 0.717) is 54.8 Å². The number of anilines is 1. The van der Waals surface area contributed by atoms with Crippen LogP contribution in [0.25, 0.3) is 0 Å². The molecule has 8 heteroatoms. The zero-order valence-corrected chi connectivity index (χ0v) is 16.7. The Morgan fingerprint density at radius 1 is 1.31 bits per heavy atom. The van der Waals surface area contributed by atoms with Crippen LogP contribution in [0.4, 0.5) is 5.69 Å². The lowest BCUT2D eigenvalue weighted by Gasteiger charge is -2.34. The predicted octanol–water partition coefficient (Wildman–Crippen LogP) is 2.84. The maximum atomic E-state index is 12.7. The number of rotatable bonds is 6. The van der Waals surface area contributed by atoms with Crippen LogP contribution >= 0.6 is 24.0 Å². The van der Waals surface area contributed by atoms with Gasteiger partial charge in [0, 0.05) is 32.0 Å².